The average molecular weight is 303 g/mol. The molecule has 0 bridgehead atoms. The number of hydrogen-bond donors (Lipinski definition) is 1. The van der Waals surface area contributed by atoms with Crippen molar-refractivity contribution in [1.82, 2.24) is 14.8 Å². The van der Waals surface area contributed by atoms with Gasteiger partial charge in [-0.3, -0.25) is 0 Å². The summed E-state index contributed by atoms with van der Waals surface area (Å²) in [6, 6.07) is 9.08. The maximum atomic E-state index is 9.33. The number of nitrogens with zero attached hydrogens (tertiary/aromatic N) is 3. The summed E-state index contributed by atoms with van der Waals surface area (Å²) < 4.78 is 2.12. The number of benzene rings is 1. The molecule has 1 N–H and O–H groups in total. The quantitative estimate of drug-likeness (QED) is 0.630. The summed E-state index contributed by atoms with van der Waals surface area (Å²) in [5, 5.41) is 18.6. The predicted octanol–water partition coefficient (Wildman–Crippen LogP) is 3.14. The summed E-state index contributed by atoms with van der Waals surface area (Å²) in [7, 11) is 0. The molecule has 0 amide bonds. The Labute approximate surface area is 129 Å². The Bertz CT molecular complexity index is 607. The van der Waals surface area contributed by atoms with E-state index in [2.05, 4.69) is 46.0 Å². The molecule has 0 radical (unpaired) electrons. The second kappa shape index (κ2) is 6.62. The standard InChI is InChI=1S/C16H21N3OS/c1-12-5-2-3-6-13(12)7-4-10-21-16-18-17-15(11-20)19(16)14-8-9-14/h2-3,5-6,14,20H,4,7-11H2,1H3. The van der Waals surface area contributed by atoms with Crippen molar-refractivity contribution in [3.05, 3.63) is 41.2 Å². The fourth-order valence-corrected chi connectivity index (χ4v) is 3.49. The first kappa shape index (κ1) is 14.6. The fourth-order valence-electron chi connectivity index (χ4n) is 2.53. The van der Waals surface area contributed by atoms with E-state index in [1.807, 2.05) is 0 Å². The first-order valence-electron chi connectivity index (χ1n) is 7.51. The van der Waals surface area contributed by atoms with Gasteiger partial charge in [-0.25, -0.2) is 0 Å². The van der Waals surface area contributed by atoms with Gasteiger partial charge in [-0.1, -0.05) is 36.0 Å². The zero-order valence-electron chi connectivity index (χ0n) is 12.3. The van der Waals surface area contributed by atoms with Crippen molar-refractivity contribution in [2.45, 2.75) is 50.4 Å². The lowest BCUT2D eigenvalue weighted by molar-refractivity contribution is 0.263. The molecule has 1 heterocycles. The van der Waals surface area contributed by atoms with E-state index in [9.17, 15) is 5.11 Å². The van der Waals surface area contributed by atoms with Crippen molar-refractivity contribution in [2.24, 2.45) is 0 Å². The average Bonchev–Trinajstić information content (AvgIpc) is 3.25. The highest BCUT2D eigenvalue weighted by Crippen LogP contribution is 2.38. The molecular formula is C16H21N3OS. The van der Waals surface area contributed by atoms with Gasteiger partial charge in [-0.15, -0.1) is 10.2 Å². The molecule has 0 spiro atoms. The van der Waals surface area contributed by atoms with E-state index in [0.29, 0.717) is 11.9 Å². The number of hydrogen-bond acceptors (Lipinski definition) is 4. The monoisotopic (exact) mass is 303 g/mol. The molecule has 4 nitrogen and oxygen atoms in total. The molecule has 2 aromatic rings. The van der Waals surface area contributed by atoms with Crippen molar-refractivity contribution >= 4 is 11.8 Å². The highest BCUT2D eigenvalue weighted by Gasteiger charge is 2.29. The Kier molecular flexibility index (Phi) is 4.60. The zero-order valence-corrected chi connectivity index (χ0v) is 13.1. The lowest BCUT2D eigenvalue weighted by Gasteiger charge is -2.08. The van der Waals surface area contributed by atoms with Crippen LogP contribution < -0.4 is 0 Å². The van der Waals surface area contributed by atoms with E-state index < -0.39 is 0 Å². The summed E-state index contributed by atoms with van der Waals surface area (Å²) in [4.78, 5) is 0. The van der Waals surface area contributed by atoms with Gasteiger partial charge in [-0.05, 0) is 43.7 Å². The van der Waals surface area contributed by atoms with Gasteiger partial charge in [0, 0.05) is 11.8 Å². The molecule has 0 aliphatic heterocycles. The van der Waals surface area contributed by atoms with Crippen molar-refractivity contribution in [1.29, 1.82) is 0 Å². The first-order valence-corrected chi connectivity index (χ1v) is 8.50. The van der Waals surface area contributed by atoms with Gasteiger partial charge in [0.25, 0.3) is 0 Å². The third-order valence-corrected chi connectivity index (χ3v) is 4.90. The molecule has 1 saturated carbocycles. The van der Waals surface area contributed by atoms with E-state index in [4.69, 9.17) is 0 Å². The minimum atomic E-state index is -0.0206. The Hall–Kier alpha value is -1.33. The minimum Gasteiger partial charge on any atom is -0.388 e. The molecule has 0 unspecified atom stereocenters. The van der Waals surface area contributed by atoms with Crippen LogP contribution in [-0.4, -0.2) is 25.6 Å². The maximum absolute atomic E-state index is 9.33. The zero-order chi connectivity index (χ0) is 14.7. The van der Waals surface area contributed by atoms with Crippen LogP contribution in [0.5, 0.6) is 0 Å². The van der Waals surface area contributed by atoms with Gasteiger partial charge in [-0.2, -0.15) is 0 Å². The number of aromatic nitrogens is 3. The number of thioether (sulfide) groups is 1. The van der Waals surface area contributed by atoms with Crippen molar-refractivity contribution in [2.75, 3.05) is 5.75 Å². The molecule has 1 aliphatic carbocycles. The third kappa shape index (κ3) is 3.47. The molecule has 3 rings (SSSR count). The second-order valence-electron chi connectivity index (χ2n) is 5.54. The van der Waals surface area contributed by atoms with Crippen LogP contribution >= 0.6 is 11.8 Å². The number of aliphatic hydroxyl groups excluding tert-OH is 1. The van der Waals surface area contributed by atoms with Crippen LogP contribution in [0.4, 0.5) is 0 Å². The summed E-state index contributed by atoms with van der Waals surface area (Å²) in [5.74, 6) is 1.74. The Morgan fingerprint density at radius 2 is 2.10 bits per heavy atom. The maximum Gasteiger partial charge on any atom is 0.191 e. The largest absolute Gasteiger partial charge is 0.388 e. The molecular weight excluding hydrogens is 282 g/mol. The molecule has 1 fully saturated rings. The SMILES string of the molecule is Cc1ccccc1CCCSc1nnc(CO)n1C1CC1. The normalized spacial score (nSPS) is 14.6. The number of rotatable bonds is 7. The van der Waals surface area contributed by atoms with Crippen LogP contribution in [-0.2, 0) is 13.0 Å². The Balaban J connectivity index is 1.54. The van der Waals surface area contributed by atoms with Gasteiger partial charge in [0.2, 0.25) is 0 Å². The van der Waals surface area contributed by atoms with Crippen molar-refractivity contribution in [3.63, 3.8) is 0 Å². The van der Waals surface area contributed by atoms with E-state index >= 15 is 0 Å². The predicted molar refractivity (Wildman–Crippen MR) is 84.4 cm³/mol. The molecule has 1 aliphatic rings. The lowest BCUT2D eigenvalue weighted by atomic mass is 10.1. The molecule has 1 aromatic carbocycles. The number of aliphatic hydroxyl groups is 1. The van der Waals surface area contributed by atoms with Crippen LogP contribution in [0.2, 0.25) is 0 Å². The smallest absolute Gasteiger partial charge is 0.191 e. The number of aryl methyl sites for hydroxylation is 2. The molecule has 5 heteroatoms. The second-order valence-corrected chi connectivity index (χ2v) is 6.60. The summed E-state index contributed by atoms with van der Waals surface area (Å²) >= 11 is 1.75. The van der Waals surface area contributed by atoms with Gasteiger partial charge in [0.15, 0.2) is 11.0 Å². The van der Waals surface area contributed by atoms with Crippen LogP contribution in [0.15, 0.2) is 29.4 Å². The van der Waals surface area contributed by atoms with Crippen LogP contribution in [0.25, 0.3) is 0 Å². The summed E-state index contributed by atoms with van der Waals surface area (Å²) in [6.45, 7) is 2.15. The van der Waals surface area contributed by atoms with Crippen LogP contribution in [0.3, 0.4) is 0 Å². The van der Waals surface area contributed by atoms with Gasteiger partial charge in [0.1, 0.15) is 6.61 Å². The Morgan fingerprint density at radius 1 is 1.29 bits per heavy atom. The Morgan fingerprint density at radius 3 is 2.81 bits per heavy atom. The van der Waals surface area contributed by atoms with Crippen LogP contribution in [0.1, 0.15) is 42.3 Å². The fraction of sp³-hybridized carbons (Fsp3) is 0.500. The molecule has 0 atom stereocenters. The highest BCUT2D eigenvalue weighted by atomic mass is 32.2. The van der Waals surface area contributed by atoms with E-state index in [1.165, 1.54) is 24.0 Å². The molecule has 1 aromatic heterocycles. The van der Waals surface area contributed by atoms with Crippen LogP contribution in [0, 0.1) is 6.92 Å². The topological polar surface area (TPSA) is 50.9 Å². The lowest BCUT2D eigenvalue weighted by Crippen LogP contribution is -2.03. The van der Waals surface area contributed by atoms with Gasteiger partial charge < -0.3 is 9.67 Å². The summed E-state index contributed by atoms with van der Waals surface area (Å²) in [6.07, 6.45) is 4.59. The first-order chi connectivity index (χ1) is 10.3. The van der Waals surface area contributed by atoms with Gasteiger partial charge in [0.05, 0.1) is 0 Å². The highest BCUT2D eigenvalue weighted by molar-refractivity contribution is 7.99. The van der Waals surface area contributed by atoms with E-state index in [1.54, 1.807) is 11.8 Å². The minimum absolute atomic E-state index is 0.0206. The molecule has 0 saturated heterocycles. The van der Waals surface area contributed by atoms with Crippen molar-refractivity contribution in [3.8, 4) is 0 Å². The molecule has 112 valence electrons. The summed E-state index contributed by atoms with van der Waals surface area (Å²) in [5.41, 5.74) is 2.80. The van der Waals surface area contributed by atoms with E-state index in [0.717, 1.165) is 23.8 Å². The van der Waals surface area contributed by atoms with E-state index in [-0.39, 0.29) is 6.61 Å². The third-order valence-electron chi connectivity index (χ3n) is 3.87. The molecule has 21 heavy (non-hydrogen) atoms. The van der Waals surface area contributed by atoms with Crippen molar-refractivity contribution < 1.29 is 5.11 Å². The van der Waals surface area contributed by atoms with Gasteiger partial charge >= 0.3 is 0 Å².